The summed E-state index contributed by atoms with van der Waals surface area (Å²) in [6.45, 7) is 4.33. The van der Waals surface area contributed by atoms with Crippen molar-refractivity contribution >= 4 is 5.97 Å². The maximum atomic E-state index is 13.8. The first-order valence-electron chi connectivity index (χ1n) is 13.5. The number of rotatable bonds is 10. The molecule has 2 unspecified atom stereocenters. The molecule has 2 atom stereocenters. The van der Waals surface area contributed by atoms with Gasteiger partial charge in [-0.1, -0.05) is 61.9 Å². The second-order valence-electron chi connectivity index (χ2n) is 10.2. The molecule has 0 radical (unpaired) electrons. The van der Waals surface area contributed by atoms with Crippen LogP contribution in [0.3, 0.4) is 0 Å². The third kappa shape index (κ3) is 5.05. The van der Waals surface area contributed by atoms with Crippen LogP contribution in [0, 0.1) is 0 Å². The third-order valence-corrected chi connectivity index (χ3v) is 7.62. The number of hydrogen-bond donors (Lipinski definition) is 2. The Morgan fingerprint density at radius 2 is 1.84 bits per heavy atom. The molecule has 3 heterocycles. The highest BCUT2D eigenvalue weighted by Gasteiger charge is 2.31. The Labute approximate surface area is 221 Å². The summed E-state index contributed by atoms with van der Waals surface area (Å²) in [4.78, 5) is 25.1. The zero-order valence-electron chi connectivity index (χ0n) is 21.9. The van der Waals surface area contributed by atoms with E-state index < -0.39 is 5.97 Å². The van der Waals surface area contributed by atoms with E-state index in [0.717, 1.165) is 65.6 Å². The van der Waals surface area contributed by atoms with Crippen molar-refractivity contribution in [3.8, 4) is 22.5 Å². The molecule has 0 saturated heterocycles. The van der Waals surface area contributed by atoms with Crippen molar-refractivity contribution in [2.45, 2.75) is 77.3 Å². The maximum Gasteiger partial charge on any atom is 0.303 e. The summed E-state index contributed by atoms with van der Waals surface area (Å²) in [5.74, 6) is -0.272. The number of unbranched alkanes of at least 4 members (excludes halogenated alkanes) is 1. The van der Waals surface area contributed by atoms with E-state index in [0.29, 0.717) is 18.7 Å². The van der Waals surface area contributed by atoms with Crippen molar-refractivity contribution in [3.05, 3.63) is 75.7 Å². The molecule has 1 aliphatic heterocycles. The number of benzene rings is 2. The minimum atomic E-state index is -0.817. The molecule has 0 bridgehead atoms. The fraction of sp³-hybridized carbons (Fsp3) is 0.414. The molecule has 9 heteroatoms. The molecule has 0 aliphatic carbocycles. The minimum Gasteiger partial charge on any atom is -0.481 e. The van der Waals surface area contributed by atoms with E-state index in [1.165, 1.54) is 0 Å². The highest BCUT2D eigenvalue weighted by Crippen LogP contribution is 2.34. The van der Waals surface area contributed by atoms with Gasteiger partial charge in [0.25, 0.3) is 5.56 Å². The molecule has 5 rings (SSSR count). The SMILES string of the molecule is CCCCc1c(Cc2ccc(-c3ccccc3-c3nn[nH]n3)cc2)c(=O)n2n1C(C)CCC2CCC(=O)O. The number of nitrogens with zero attached hydrogens (tertiary/aromatic N) is 5. The number of carboxylic acids is 1. The molecule has 2 N–H and O–H groups in total. The normalized spacial score (nSPS) is 16.9. The minimum absolute atomic E-state index is 0.0320. The number of nitrogens with one attached hydrogen (secondary N) is 1. The Bertz CT molecular complexity index is 1450. The average molecular weight is 515 g/mol. The van der Waals surface area contributed by atoms with Crippen molar-refractivity contribution in [1.29, 1.82) is 0 Å². The topological polar surface area (TPSA) is 119 Å². The van der Waals surface area contributed by atoms with E-state index in [1.807, 2.05) is 28.9 Å². The van der Waals surface area contributed by atoms with Gasteiger partial charge in [-0.15, -0.1) is 10.2 Å². The van der Waals surface area contributed by atoms with Gasteiger partial charge in [0.1, 0.15) is 0 Å². The van der Waals surface area contributed by atoms with Crippen molar-refractivity contribution < 1.29 is 9.90 Å². The second-order valence-corrected chi connectivity index (χ2v) is 10.2. The Morgan fingerprint density at radius 3 is 2.53 bits per heavy atom. The first kappa shape index (κ1) is 25.6. The van der Waals surface area contributed by atoms with Gasteiger partial charge < -0.3 is 5.11 Å². The van der Waals surface area contributed by atoms with Gasteiger partial charge in [-0.25, -0.2) is 4.68 Å². The molecule has 1 aliphatic rings. The summed E-state index contributed by atoms with van der Waals surface area (Å²) >= 11 is 0. The molecule has 4 aromatic rings. The van der Waals surface area contributed by atoms with E-state index in [-0.39, 0.29) is 24.1 Å². The number of fused-ring (bicyclic) bond motifs is 1. The van der Waals surface area contributed by atoms with E-state index in [4.69, 9.17) is 0 Å². The first-order valence-corrected chi connectivity index (χ1v) is 13.5. The van der Waals surface area contributed by atoms with Crippen LogP contribution in [0.2, 0.25) is 0 Å². The summed E-state index contributed by atoms with van der Waals surface area (Å²) in [5, 5.41) is 23.7. The summed E-state index contributed by atoms with van der Waals surface area (Å²) in [7, 11) is 0. The van der Waals surface area contributed by atoms with Gasteiger partial charge in [-0.3, -0.25) is 14.3 Å². The van der Waals surface area contributed by atoms with Gasteiger partial charge in [0.05, 0.1) is 6.04 Å². The van der Waals surface area contributed by atoms with Crippen molar-refractivity contribution in [2.75, 3.05) is 0 Å². The Kier molecular flexibility index (Phi) is 7.53. The summed E-state index contributed by atoms with van der Waals surface area (Å²) in [6, 6.07) is 16.4. The molecule has 0 amide bonds. The van der Waals surface area contributed by atoms with Crippen LogP contribution < -0.4 is 5.56 Å². The Morgan fingerprint density at radius 1 is 1.08 bits per heavy atom. The lowest BCUT2D eigenvalue weighted by atomic mass is 9.96. The number of tetrazole rings is 1. The predicted molar refractivity (Wildman–Crippen MR) is 145 cm³/mol. The number of H-pyrrole nitrogens is 1. The van der Waals surface area contributed by atoms with Crippen LogP contribution in [0.15, 0.2) is 53.3 Å². The lowest BCUT2D eigenvalue weighted by Crippen LogP contribution is -2.34. The summed E-state index contributed by atoms with van der Waals surface area (Å²) in [5.41, 5.74) is 6.00. The zero-order valence-corrected chi connectivity index (χ0v) is 21.9. The van der Waals surface area contributed by atoms with Gasteiger partial charge in [0, 0.05) is 35.7 Å². The number of carboxylic acid groups (broad SMARTS) is 1. The number of hydrogen-bond acceptors (Lipinski definition) is 5. The van der Waals surface area contributed by atoms with Crippen molar-refractivity contribution in [3.63, 3.8) is 0 Å². The average Bonchev–Trinajstić information content (AvgIpc) is 3.56. The number of aromatic amines is 1. The van der Waals surface area contributed by atoms with Gasteiger partial charge in [-0.05, 0) is 60.9 Å². The van der Waals surface area contributed by atoms with E-state index in [9.17, 15) is 14.7 Å². The third-order valence-electron chi connectivity index (χ3n) is 7.62. The van der Waals surface area contributed by atoms with Crippen LogP contribution in [0.1, 0.15) is 81.3 Å². The first-order chi connectivity index (χ1) is 18.5. The summed E-state index contributed by atoms with van der Waals surface area (Å²) < 4.78 is 4.08. The Hall–Kier alpha value is -4.01. The van der Waals surface area contributed by atoms with Crippen LogP contribution >= 0.6 is 0 Å². The van der Waals surface area contributed by atoms with Crippen molar-refractivity contribution in [1.82, 2.24) is 30.0 Å². The molecule has 2 aromatic carbocycles. The molecule has 0 saturated carbocycles. The number of carbonyl (C=O) groups is 1. The van der Waals surface area contributed by atoms with Crippen molar-refractivity contribution in [2.24, 2.45) is 0 Å². The molecule has 9 nitrogen and oxygen atoms in total. The lowest BCUT2D eigenvalue weighted by molar-refractivity contribution is -0.137. The quantitative estimate of drug-likeness (QED) is 0.301. The fourth-order valence-electron chi connectivity index (χ4n) is 5.68. The molecule has 38 heavy (non-hydrogen) atoms. The van der Waals surface area contributed by atoms with E-state index >= 15 is 0 Å². The largest absolute Gasteiger partial charge is 0.481 e. The maximum absolute atomic E-state index is 13.8. The van der Waals surface area contributed by atoms with Crippen LogP contribution in [0.5, 0.6) is 0 Å². The van der Waals surface area contributed by atoms with Crippen LogP contribution in [0.25, 0.3) is 22.5 Å². The molecule has 2 aromatic heterocycles. The van der Waals surface area contributed by atoms with Gasteiger partial charge >= 0.3 is 5.97 Å². The standard InChI is InChI=1S/C29H34N6O3/c1-3-4-9-26-25(29(38)35-22(16-17-27(36)37)15-10-19(2)34(26)35)18-20-11-13-21(14-12-20)23-7-5-6-8-24(23)28-30-32-33-31-28/h5-8,11-14,19,22H,3-4,9-10,15-18H2,1-2H3,(H,36,37)(H,30,31,32,33). The van der Waals surface area contributed by atoms with Gasteiger partial charge in [0.15, 0.2) is 0 Å². The van der Waals surface area contributed by atoms with Crippen LogP contribution in [0.4, 0.5) is 0 Å². The molecule has 0 fully saturated rings. The smallest absolute Gasteiger partial charge is 0.303 e. The molecular weight excluding hydrogens is 480 g/mol. The van der Waals surface area contributed by atoms with Gasteiger partial charge in [0.2, 0.25) is 5.82 Å². The van der Waals surface area contributed by atoms with Gasteiger partial charge in [-0.2, -0.15) is 5.21 Å². The van der Waals surface area contributed by atoms with E-state index in [2.05, 4.69) is 63.4 Å². The summed E-state index contributed by atoms with van der Waals surface area (Å²) in [6.07, 6.45) is 5.79. The number of aromatic nitrogens is 6. The Balaban J connectivity index is 1.48. The highest BCUT2D eigenvalue weighted by atomic mass is 16.4. The number of aliphatic carboxylic acids is 1. The molecular formula is C29H34N6O3. The predicted octanol–water partition coefficient (Wildman–Crippen LogP) is 5.19. The zero-order chi connectivity index (χ0) is 26.6. The lowest BCUT2D eigenvalue weighted by Gasteiger charge is -2.32. The highest BCUT2D eigenvalue weighted by molar-refractivity contribution is 5.80. The van der Waals surface area contributed by atoms with Crippen LogP contribution in [-0.2, 0) is 17.6 Å². The van der Waals surface area contributed by atoms with Crippen LogP contribution in [-0.4, -0.2) is 41.1 Å². The monoisotopic (exact) mass is 514 g/mol. The van der Waals surface area contributed by atoms with E-state index in [1.54, 1.807) is 0 Å². The fourth-order valence-corrected chi connectivity index (χ4v) is 5.68. The second kappa shape index (κ2) is 11.2. The molecule has 198 valence electrons. The molecule has 0 spiro atoms.